The number of hydrogen-bond donors (Lipinski definition) is 1. The Balaban J connectivity index is 2.09. The molecule has 1 saturated heterocycles. The van der Waals surface area contributed by atoms with Gasteiger partial charge in [-0.05, 0) is 23.6 Å². The van der Waals surface area contributed by atoms with Gasteiger partial charge in [-0.15, -0.1) is 0 Å². The van der Waals surface area contributed by atoms with Gasteiger partial charge in [0.05, 0.1) is 12.2 Å². The van der Waals surface area contributed by atoms with Crippen molar-refractivity contribution in [3.05, 3.63) is 35.6 Å². The Kier molecular flexibility index (Phi) is 3.56. The molecular weight excluding hydrogens is 205 g/mol. The van der Waals surface area contributed by atoms with Gasteiger partial charge in [0.15, 0.2) is 0 Å². The minimum atomic E-state index is -0.201. The molecular formula is C13H18FNO. The molecule has 2 atom stereocenters. The van der Waals surface area contributed by atoms with E-state index in [1.807, 2.05) is 6.07 Å². The topological polar surface area (TPSA) is 21.3 Å². The van der Waals surface area contributed by atoms with E-state index in [-0.39, 0.29) is 18.0 Å². The fourth-order valence-corrected chi connectivity index (χ4v) is 1.96. The van der Waals surface area contributed by atoms with Gasteiger partial charge in [0, 0.05) is 13.1 Å². The van der Waals surface area contributed by atoms with E-state index in [0.29, 0.717) is 5.92 Å². The number of hydrogen-bond acceptors (Lipinski definition) is 2. The van der Waals surface area contributed by atoms with Crippen molar-refractivity contribution < 1.29 is 9.13 Å². The van der Waals surface area contributed by atoms with Gasteiger partial charge in [0.25, 0.3) is 0 Å². The van der Waals surface area contributed by atoms with Crippen LogP contribution in [0.15, 0.2) is 24.3 Å². The molecule has 1 N–H and O–H groups in total. The van der Waals surface area contributed by atoms with Crippen LogP contribution in [0.1, 0.15) is 25.5 Å². The summed E-state index contributed by atoms with van der Waals surface area (Å²) >= 11 is 0. The van der Waals surface area contributed by atoms with Crippen molar-refractivity contribution in [3.8, 4) is 0 Å². The van der Waals surface area contributed by atoms with Crippen molar-refractivity contribution in [2.45, 2.75) is 26.1 Å². The van der Waals surface area contributed by atoms with E-state index in [1.54, 1.807) is 12.1 Å². The summed E-state index contributed by atoms with van der Waals surface area (Å²) in [5.41, 5.74) is 0.915. The minimum absolute atomic E-state index is 0.0307. The number of nitrogens with one attached hydrogen (secondary N) is 1. The third-order valence-electron chi connectivity index (χ3n) is 2.98. The maximum Gasteiger partial charge on any atom is 0.123 e. The van der Waals surface area contributed by atoms with Crippen molar-refractivity contribution in [2.24, 2.45) is 5.92 Å². The van der Waals surface area contributed by atoms with Crippen molar-refractivity contribution in [1.82, 2.24) is 5.32 Å². The Morgan fingerprint density at radius 2 is 2.19 bits per heavy atom. The molecule has 1 aliphatic rings. The summed E-state index contributed by atoms with van der Waals surface area (Å²) in [5, 5.41) is 3.34. The van der Waals surface area contributed by atoms with Crippen LogP contribution in [-0.2, 0) is 4.74 Å². The molecule has 0 saturated carbocycles. The Bertz CT molecular complexity index is 354. The highest BCUT2D eigenvalue weighted by Gasteiger charge is 2.25. The molecule has 1 heterocycles. The Labute approximate surface area is 95.8 Å². The number of rotatable bonds is 2. The van der Waals surface area contributed by atoms with Gasteiger partial charge in [-0.2, -0.15) is 0 Å². The molecule has 0 amide bonds. The Morgan fingerprint density at radius 3 is 2.88 bits per heavy atom. The molecule has 0 aromatic heterocycles. The van der Waals surface area contributed by atoms with E-state index in [9.17, 15) is 4.39 Å². The lowest BCUT2D eigenvalue weighted by atomic mass is 10.0. The molecule has 1 fully saturated rings. The van der Waals surface area contributed by atoms with Crippen LogP contribution in [0.2, 0.25) is 0 Å². The summed E-state index contributed by atoms with van der Waals surface area (Å²) in [4.78, 5) is 0. The molecule has 3 heteroatoms. The first-order valence-electron chi connectivity index (χ1n) is 5.78. The Hall–Kier alpha value is -0.930. The molecule has 2 unspecified atom stereocenters. The molecule has 0 bridgehead atoms. The second-order valence-corrected chi connectivity index (χ2v) is 4.62. The van der Waals surface area contributed by atoms with Crippen molar-refractivity contribution >= 4 is 0 Å². The third kappa shape index (κ3) is 2.60. The first kappa shape index (κ1) is 11.6. The van der Waals surface area contributed by atoms with Gasteiger partial charge in [0.2, 0.25) is 0 Å². The molecule has 0 aliphatic carbocycles. The Morgan fingerprint density at radius 1 is 1.38 bits per heavy atom. The van der Waals surface area contributed by atoms with Crippen molar-refractivity contribution in [2.75, 3.05) is 13.1 Å². The normalized spacial score (nSPS) is 26.0. The minimum Gasteiger partial charge on any atom is -0.367 e. The fourth-order valence-electron chi connectivity index (χ4n) is 1.96. The average molecular weight is 223 g/mol. The molecule has 2 rings (SSSR count). The lowest BCUT2D eigenvalue weighted by Crippen LogP contribution is -2.43. The molecule has 2 nitrogen and oxygen atoms in total. The predicted octanol–water partition coefficient (Wildman–Crippen LogP) is 2.51. The van der Waals surface area contributed by atoms with Gasteiger partial charge < -0.3 is 10.1 Å². The fraction of sp³-hybridized carbons (Fsp3) is 0.538. The first-order chi connectivity index (χ1) is 7.66. The van der Waals surface area contributed by atoms with Crippen LogP contribution in [0.3, 0.4) is 0 Å². The van der Waals surface area contributed by atoms with Gasteiger partial charge in [-0.3, -0.25) is 0 Å². The molecule has 0 radical (unpaired) electrons. The molecule has 1 aliphatic heterocycles. The zero-order chi connectivity index (χ0) is 11.5. The van der Waals surface area contributed by atoms with Crippen LogP contribution in [0.5, 0.6) is 0 Å². The van der Waals surface area contributed by atoms with E-state index in [4.69, 9.17) is 4.74 Å². The van der Waals surface area contributed by atoms with E-state index >= 15 is 0 Å². The SMILES string of the molecule is CC(C)C1CNCC(c2cccc(F)c2)O1. The summed E-state index contributed by atoms with van der Waals surface area (Å²) in [6.45, 7) is 5.91. The highest BCUT2D eigenvalue weighted by Crippen LogP contribution is 2.24. The van der Waals surface area contributed by atoms with Crippen LogP contribution in [0.25, 0.3) is 0 Å². The number of halogens is 1. The van der Waals surface area contributed by atoms with Gasteiger partial charge in [0.1, 0.15) is 5.82 Å². The van der Waals surface area contributed by atoms with Crippen LogP contribution in [-0.4, -0.2) is 19.2 Å². The maximum absolute atomic E-state index is 13.1. The van der Waals surface area contributed by atoms with Crippen molar-refractivity contribution in [1.29, 1.82) is 0 Å². The summed E-state index contributed by atoms with van der Waals surface area (Å²) < 4.78 is 19.1. The average Bonchev–Trinajstić information content (AvgIpc) is 2.29. The lowest BCUT2D eigenvalue weighted by molar-refractivity contribution is -0.0604. The lowest BCUT2D eigenvalue weighted by Gasteiger charge is -2.33. The van der Waals surface area contributed by atoms with E-state index in [0.717, 1.165) is 18.7 Å². The number of ether oxygens (including phenoxy) is 1. The number of morpholine rings is 1. The van der Waals surface area contributed by atoms with Gasteiger partial charge in [-0.25, -0.2) is 4.39 Å². The quantitative estimate of drug-likeness (QED) is 0.831. The molecule has 88 valence electrons. The largest absolute Gasteiger partial charge is 0.367 e. The molecule has 0 spiro atoms. The molecule has 16 heavy (non-hydrogen) atoms. The van der Waals surface area contributed by atoms with Crippen LogP contribution >= 0.6 is 0 Å². The van der Waals surface area contributed by atoms with Crippen LogP contribution < -0.4 is 5.32 Å². The molecule has 1 aromatic rings. The first-order valence-corrected chi connectivity index (χ1v) is 5.78. The van der Waals surface area contributed by atoms with E-state index in [2.05, 4.69) is 19.2 Å². The molecule has 1 aromatic carbocycles. The highest BCUT2D eigenvalue weighted by molar-refractivity contribution is 5.19. The van der Waals surface area contributed by atoms with Gasteiger partial charge >= 0.3 is 0 Å². The second-order valence-electron chi connectivity index (χ2n) is 4.62. The second kappa shape index (κ2) is 4.93. The smallest absolute Gasteiger partial charge is 0.123 e. The van der Waals surface area contributed by atoms with Crippen LogP contribution in [0.4, 0.5) is 4.39 Å². The summed E-state index contributed by atoms with van der Waals surface area (Å²) in [7, 11) is 0. The third-order valence-corrected chi connectivity index (χ3v) is 2.98. The monoisotopic (exact) mass is 223 g/mol. The van der Waals surface area contributed by atoms with Gasteiger partial charge in [-0.1, -0.05) is 26.0 Å². The van der Waals surface area contributed by atoms with E-state index < -0.39 is 0 Å². The predicted molar refractivity (Wildman–Crippen MR) is 61.7 cm³/mol. The maximum atomic E-state index is 13.1. The zero-order valence-corrected chi connectivity index (χ0v) is 9.74. The summed E-state index contributed by atoms with van der Waals surface area (Å²) in [6.07, 6.45) is 0.180. The summed E-state index contributed by atoms with van der Waals surface area (Å²) in [5.74, 6) is 0.275. The highest BCUT2D eigenvalue weighted by atomic mass is 19.1. The summed E-state index contributed by atoms with van der Waals surface area (Å²) in [6, 6.07) is 6.65. The zero-order valence-electron chi connectivity index (χ0n) is 9.74. The number of benzene rings is 1. The standard InChI is InChI=1S/C13H18FNO/c1-9(2)12-7-15-8-13(16-12)10-4-3-5-11(14)6-10/h3-6,9,12-13,15H,7-8H2,1-2H3. The van der Waals surface area contributed by atoms with Crippen LogP contribution in [0, 0.1) is 11.7 Å². The van der Waals surface area contributed by atoms with Crippen molar-refractivity contribution in [3.63, 3.8) is 0 Å². The van der Waals surface area contributed by atoms with E-state index in [1.165, 1.54) is 6.07 Å².